The van der Waals surface area contributed by atoms with Crippen LogP contribution in [0.1, 0.15) is 102 Å². The summed E-state index contributed by atoms with van der Waals surface area (Å²) in [4.78, 5) is 0. The highest BCUT2D eigenvalue weighted by atomic mass is 14.0. The summed E-state index contributed by atoms with van der Waals surface area (Å²) in [5.74, 6) is 0. The summed E-state index contributed by atoms with van der Waals surface area (Å²) in [6, 6.07) is 11.5. The maximum absolute atomic E-state index is 3.08. The van der Waals surface area contributed by atoms with E-state index in [1.54, 1.807) is 0 Å². The molecule has 0 aliphatic heterocycles. The number of hydrogen-bond acceptors (Lipinski definition) is 0. The Hall–Kier alpha value is -1.04. The van der Waals surface area contributed by atoms with Gasteiger partial charge in [-0.05, 0) is 50.2 Å². The van der Waals surface area contributed by atoms with Crippen LogP contribution >= 0.6 is 0 Å². The molecular weight excluding hydrogens is 288 g/mol. The van der Waals surface area contributed by atoms with Gasteiger partial charge in [-0.25, -0.2) is 0 Å². The van der Waals surface area contributed by atoms with Gasteiger partial charge in [-0.2, -0.15) is 0 Å². The third kappa shape index (κ3) is 13.4. The predicted octanol–water partition coefficient (Wildman–Crippen LogP) is 8.07. The maximum atomic E-state index is 3.08. The van der Waals surface area contributed by atoms with Crippen molar-refractivity contribution in [3.63, 3.8) is 0 Å². The third-order valence-corrected chi connectivity index (χ3v) is 4.76. The maximum Gasteiger partial charge on any atom is -0.0184 e. The van der Waals surface area contributed by atoms with Crippen molar-refractivity contribution in [2.24, 2.45) is 0 Å². The second-order valence-corrected chi connectivity index (χ2v) is 7.10. The lowest BCUT2D eigenvalue weighted by molar-refractivity contribution is 0.595. The fourth-order valence-corrected chi connectivity index (χ4v) is 3.16. The first-order chi connectivity index (χ1) is 11.9. The minimum absolute atomic E-state index is 1.23. The zero-order chi connectivity index (χ0) is 17.1. The summed E-state index contributed by atoms with van der Waals surface area (Å²) >= 11 is 0. The standard InChI is InChI=1S/C24H39/c1-2-3-4-5-6-7-8-9-10-11-12-13-14-15-16-18-21-24-22-19-17-20-23-24/h9-10,19-20,22-23H,2-8,11-16,18,21H2,1H3/b10-9-. The first-order valence-corrected chi connectivity index (χ1v) is 10.5. The molecule has 0 fully saturated rings. The lowest BCUT2D eigenvalue weighted by Crippen LogP contribution is -1.85. The molecule has 0 N–H and O–H groups in total. The number of allylic oxidation sites excluding steroid dienone is 2. The first-order valence-electron chi connectivity index (χ1n) is 10.5. The normalized spacial score (nSPS) is 11.4. The van der Waals surface area contributed by atoms with E-state index in [1.165, 1.54) is 102 Å². The van der Waals surface area contributed by atoms with Gasteiger partial charge in [0.15, 0.2) is 0 Å². The third-order valence-electron chi connectivity index (χ3n) is 4.76. The van der Waals surface area contributed by atoms with E-state index in [4.69, 9.17) is 0 Å². The molecule has 0 atom stereocenters. The average molecular weight is 328 g/mol. The van der Waals surface area contributed by atoms with E-state index in [1.807, 2.05) is 12.1 Å². The summed E-state index contributed by atoms with van der Waals surface area (Å²) in [6.07, 6.45) is 25.4. The fraction of sp³-hybridized carbons (Fsp3) is 0.667. The lowest BCUT2D eigenvalue weighted by atomic mass is 10.0. The molecule has 0 bridgehead atoms. The highest BCUT2D eigenvalue weighted by molar-refractivity contribution is 5.13. The van der Waals surface area contributed by atoms with Crippen LogP contribution in [-0.4, -0.2) is 0 Å². The molecule has 1 rings (SSSR count). The minimum Gasteiger partial charge on any atom is -0.0885 e. The highest BCUT2D eigenvalue weighted by Gasteiger charge is 1.93. The molecule has 0 amide bonds. The highest BCUT2D eigenvalue weighted by Crippen LogP contribution is 2.11. The van der Waals surface area contributed by atoms with Gasteiger partial charge >= 0.3 is 0 Å². The molecule has 0 heterocycles. The van der Waals surface area contributed by atoms with Crippen LogP contribution in [0.3, 0.4) is 0 Å². The van der Waals surface area contributed by atoms with Gasteiger partial charge in [0.1, 0.15) is 0 Å². The van der Waals surface area contributed by atoms with Crippen LogP contribution in [0.4, 0.5) is 0 Å². The van der Waals surface area contributed by atoms with Crippen LogP contribution < -0.4 is 0 Å². The van der Waals surface area contributed by atoms with Gasteiger partial charge in [0.25, 0.3) is 0 Å². The zero-order valence-electron chi connectivity index (χ0n) is 16.1. The number of rotatable bonds is 16. The molecule has 0 aliphatic carbocycles. The van der Waals surface area contributed by atoms with Gasteiger partial charge in [-0.1, -0.05) is 101 Å². The molecule has 0 saturated heterocycles. The Morgan fingerprint density at radius 3 is 1.75 bits per heavy atom. The van der Waals surface area contributed by atoms with Crippen molar-refractivity contribution in [1.29, 1.82) is 0 Å². The number of aryl methyl sites for hydroxylation is 1. The number of hydrogen-bond donors (Lipinski definition) is 0. The molecule has 0 spiro atoms. The summed E-state index contributed by atoms with van der Waals surface area (Å²) in [5.41, 5.74) is 1.46. The van der Waals surface area contributed by atoms with E-state index >= 15 is 0 Å². The lowest BCUT2D eigenvalue weighted by Gasteiger charge is -2.02. The summed E-state index contributed by atoms with van der Waals surface area (Å²) in [6.45, 7) is 2.28. The SMILES string of the molecule is CCCCCCCC/C=C\CCCCCCCCc1cc[c]cc1. The molecule has 135 valence electrons. The van der Waals surface area contributed by atoms with Crippen molar-refractivity contribution >= 4 is 0 Å². The van der Waals surface area contributed by atoms with Crippen LogP contribution in [0.5, 0.6) is 0 Å². The van der Waals surface area contributed by atoms with Gasteiger partial charge < -0.3 is 0 Å². The second kappa shape index (κ2) is 16.8. The van der Waals surface area contributed by atoms with Crippen LogP contribution in [0.2, 0.25) is 0 Å². The second-order valence-electron chi connectivity index (χ2n) is 7.10. The van der Waals surface area contributed by atoms with Crippen LogP contribution in [0.15, 0.2) is 36.4 Å². The molecule has 0 unspecified atom stereocenters. The Bertz CT molecular complexity index is 376. The summed E-state index contributed by atoms with van der Waals surface area (Å²) in [7, 11) is 0. The Morgan fingerprint density at radius 1 is 0.667 bits per heavy atom. The van der Waals surface area contributed by atoms with Gasteiger partial charge in [-0.15, -0.1) is 0 Å². The van der Waals surface area contributed by atoms with E-state index in [9.17, 15) is 0 Å². The van der Waals surface area contributed by atoms with Crippen molar-refractivity contribution in [2.75, 3.05) is 0 Å². The molecule has 24 heavy (non-hydrogen) atoms. The molecule has 1 aromatic carbocycles. The number of benzene rings is 1. The van der Waals surface area contributed by atoms with Crippen LogP contribution in [-0.2, 0) is 6.42 Å². The largest absolute Gasteiger partial charge is 0.0885 e. The summed E-state index contributed by atoms with van der Waals surface area (Å²) < 4.78 is 0. The molecule has 1 radical (unpaired) electrons. The summed E-state index contributed by atoms with van der Waals surface area (Å²) in [5, 5.41) is 0. The van der Waals surface area contributed by atoms with E-state index in [0.717, 1.165) is 0 Å². The van der Waals surface area contributed by atoms with Crippen LogP contribution in [0, 0.1) is 6.07 Å². The van der Waals surface area contributed by atoms with E-state index in [-0.39, 0.29) is 0 Å². The van der Waals surface area contributed by atoms with Gasteiger partial charge in [0.05, 0.1) is 0 Å². The topological polar surface area (TPSA) is 0 Å². The Balaban J connectivity index is 1.76. The smallest absolute Gasteiger partial charge is 0.0184 e. The van der Waals surface area contributed by atoms with E-state index < -0.39 is 0 Å². The van der Waals surface area contributed by atoms with Gasteiger partial charge in [0, 0.05) is 0 Å². The molecule has 0 aliphatic rings. The average Bonchev–Trinajstić information content (AvgIpc) is 2.62. The molecule has 0 aromatic heterocycles. The van der Waals surface area contributed by atoms with E-state index in [0.29, 0.717) is 0 Å². The molecule has 1 aromatic rings. The number of unbranched alkanes of at least 4 members (excludes halogenated alkanes) is 12. The molecule has 0 heteroatoms. The monoisotopic (exact) mass is 327 g/mol. The van der Waals surface area contributed by atoms with Crippen molar-refractivity contribution in [2.45, 2.75) is 103 Å². The van der Waals surface area contributed by atoms with Crippen molar-refractivity contribution in [1.82, 2.24) is 0 Å². The van der Waals surface area contributed by atoms with Gasteiger partial charge in [-0.3, -0.25) is 0 Å². The molecule has 0 nitrogen and oxygen atoms in total. The van der Waals surface area contributed by atoms with Gasteiger partial charge in [0.2, 0.25) is 0 Å². The Labute approximate surface area is 151 Å². The predicted molar refractivity (Wildman–Crippen MR) is 108 cm³/mol. The molecule has 0 saturated carbocycles. The van der Waals surface area contributed by atoms with E-state index in [2.05, 4.69) is 37.3 Å². The Morgan fingerprint density at radius 2 is 1.17 bits per heavy atom. The fourth-order valence-electron chi connectivity index (χ4n) is 3.16. The van der Waals surface area contributed by atoms with Crippen molar-refractivity contribution in [3.8, 4) is 0 Å². The zero-order valence-corrected chi connectivity index (χ0v) is 16.1. The molecular formula is C24H39. The van der Waals surface area contributed by atoms with Crippen LogP contribution in [0.25, 0.3) is 0 Å². The first kappa shape index (κ1) is 21.0. The van der Waals surface area contributed by atoms with Crippen molar-refractivity contribution < 1.29 is 0 Å². The quantitative estimate of drug-likeness (QED) is 0.213. The van der Waals surface area contributed by atoms with Crippen molar-refractivity contribution in [3.05, 3.63) is 48.0 Å². The Kier molecular flexibility index (Phi) is 14.7. The minimum atomic E-state index is 1.23.